The third-order valence-electron chi connectivity index (χ3n) is 2.97. The third kappa shape index (κ3) is 1.48. The van der Waals surface area contributed by atoms with Gasteiger partial charge in [-0.15, -0.1) is 0 Å². The molecule has 0 unspecified atom stereocenters. The van der Waals surface area contributed by atoms with E-state index in [0.29, 0.717) is 10.1 Å². The molecule has 2 N–H and O–H groups in total. The molecular formula is C12H7N3O5. The molecule has 0 spiro atoms. The van der Waals surface area contributed by atoms with Gasteiger partial charge in [0.15, 0.2) is 0 Å². The number of aromatic nitrogens is 3. The Kier molecular flexibility index (Phi) is 2.33. The first kappa shape index (κ1) is 11.9. The number of carboxylic acids is 1. The van der Waals surface area contributed by atoms with Crippen LogP contribution in [0.1, 0.15) is 10.4 Å². The lowest BCUT2D eigenvalue weighted by Crippen LogP contribution is -2.27. The number of nitrogens with zero attached hydrogens (tertiary/aromatic N) is 3. The molecule has 1 aromatic carbocycles. The van der Waals surface area contributed by atoms with Crippen molar-refractivity contribution in [3.8, 4) is 0 Å². The lowest BCUT2D eigenvalue weighted by Gasteiger charge is -2.08. The zero-order valence-corrected chi connectivity index (χ0v) is 9.85. The van der Waals surface area contributed by atoms with Crippen molar-refractivity contribution >= 4 is 28.6 Å². The first-order chi connectivity index (χ1) is 9.50. The van der Waals surface area contributed by atoms with E-state index in [1.54, 1.807) is 0 Å². The van der Waals surface area contributed by atoms with Gasteiger partial charge in [0.1, 0.15) is 5.52 Å². The first-order valence-corrected chi connectivity index (χ1v) is 5.48. The van der Waals surface area contributed by atoms with Gasteiger partial charge in [-0.25, -0.2) is 19.1 Å². The molecule has 3 aromatic rings. The van der Waals surface area contributed by atoms with Gasteiger partial charge in [-0.2, -0.15) is 0 Å². The quantitative estimate of drug-likeness (QED) is 0.680. The molecule has 0 saturated heterocycles. The summed E-state index contributed by atoms with van der Waals surface area (Å²) in [6.45, 7) is 0. The molecule has 0 radical (unpaired) electrons. The van der Waals surface area contributed by atoms with Crippen molar-refractivity contribution in [1.82, 2.24) is 14.0 Å². The number of hydrogen-bond acceptors (Lipinski definition) is 4. The van der Waals surface area contributed by atoms with Gasteiger partial charge in [0, 0.05) is 0 Å². The van der Waals surface area contributed by atoms with E-state index >= 15 is 0 Å². The number of carbonyl (C=O) groups is 2. The van der Waals surface area contributed by atoms with Crippen LogP contribution in [0.25, 0.3) is 16.6 Å². The molecular weight excluding hydrogens is 266 g/mol. The smallest absolute Gasteiger partial charge is 0.419 e. The lowest BCUT2D eigenvalue weighted by atomic mass is 10.2. The van der Waals surface area contributed by atoms with E-state index in [1.807, 2.05) is 0 Å². The number of rotatable bonds is 1. The number of benzene rings is 1. The van der Waals surface area contributed by atoms with Crippen molar-refractivity contribution in [2.24, 2.45) is 0 Å². The van der Waals surface area contributed by atoms with Crippen LogP contribution in [-0.2, 0) is 0 Å². The van der Waals surface area contributed by atoms with E-state index in [0.717, 1.165) is 6.07 Å². The van der Waals surface area contributed by atoms with Crippen molar-refractivity contribution in [3.63, 3.8) is 0 Å². The molecule has 0 amide bonds. The molecule has 0 saturated carbocycles. The number of hydrogen-bond donors (Lipinski definition) is 2. The standard InChI is InChI=1S/C12H7N3O5/c16-10-9-4-13-5-14(9)7-2-1-6(11(17)18)3-8(7)15(10)12(19)20/h1-5H,(H,17,18)(H,19,20). The lowest BCUT2D eigenvalue weighted by molar-refractivity contribution is 0.0697. The number of carboxylic acid groups (broad SMARTS) is 2. The molecule has 0 atom stereocenters. The summed E-state index contributed by atoms with van der Waals surface area (Å²) in [5.74, 6) is -1.21. The Hall–Kier alpha value is -3.16. The van der Waals surface area contributed by atoms with Gasteiger partial charge in [-0.05, 0) is 18.2 Å². The Morgan fingerprint density at radius 2 is 1.85 bits per heavy atom. The van der Waals surface area contributed by atoms with E-state index in [1.165, 1.54) is 29.1 Å². The Balaban J connectivity index is 2.61. The SMILES string of the molecule is O=C(O)c1ccc2c(c1)n(C(=O)O)c(=O)c1cncn12. The second-order valence-corrected chi connectivity index (χ2v) is 4.08. The van der Waals surface area contributed by atoms with Crippen LogP contribution in [0.5, 0.6) is 0 Å². The maximum Gasteiger partial charge on any atom is 0.419 e. The average Bonchev–Trinajstić information content (AvgIpc) is 2.87. The minimum absolute atomic E-state index is 0.00657. The fraction of sp³-hybridized carbons (Fsp3) is 0. The summed E-state index contributed by atoms with van der Waals surface area (Å²) < 4.78 is 1.93. The molecule has 2 heterocycles. The zero-order chi connectivity index (χ0) is 14.4. The largest absolute Gasteiger partial charge is 0.478 e. The highest BCUT2D eigenvalue weighted by atomic mass is 16.4. The highest BCUT2D eigenvalue weighted by molar-refractivity contribution is 5.95. The minimum Gasteiger partial charge on any atom is -0.478 e. The maximum atomic E-state index is 12.1. The van der Waals surface area contributed by atoms with Crippen LogP contribution < -0.4 is 5.56 Å². The Morgan fingerprint density at radius 3 is 2.50 bits per heavy atom. The van der Waals surface area contributed by atoms with Gasteiger partial charge >= 0.3 is 12.1 Å². The fourth-order valence-corrected chi connectivity index (χ4v) is 2.10. The van der Waals surface area contributed by atoms with Crippen LogP contribution >= 0.6 is 0 Å². The molecule has 0 bridgehead atoms. The van der Waals surface area contributed by atoms with Crippen LogP contribution in [0.2, 0.25) is 0 Å². The van der Waals surface area contributed by atoms with Crippen molar-refractivity contribution < 1.29 is 19.8 Å². The van der Waals surface area contributed by atoms with Gasteiger partial charge in [0.05, 0.1) is 29.1 Å². The monoisotopic (exact) mass is 273 g/mol. The van der Waals surface area contributed by atoms with Crippen molar-refractivity contribution in [1.29, 1.82) is 0 Å². The summed E-state index contributed by atoms with van der Waals surface area (Å²) >= 11 is 0. The predicted molar refractivity (Wildman–Crippen MR) is 67.3 cm³/mol. The van der Waals surface area contributed by atoms with Gasteiger partial charge in [-0.3, -0.25) is 9.20 Å². The van der Waals surface area contributed by atoms with Crippen LogP contribution in [0.3, 0.4) is 0 Å². The molecule has 0 aliphatic heterocycles. The second kappa shape index (κ2) is 3.92. The molecule has 8 heteroatoms. The van der Waals surface area contributed by atoms with E-state index in [9.17, 15) is 19.5 Å². The maximum absolute atomic E-state index is 12.1. The van der Waals surface area contributed by atoms with Crippen molar-refractivity contribution in [3.05, 3.63) is 46.6 Å². The molecule has 100 valence electrons. The summed E-state index contributed by atoms with van der Waals surface area (Å²) in [5, 5.41) is 18.1. The van der Waals surface area contributed by atoms with Gasteiger partial charge in [0.25, 0.3) is 5.56 Å². The molecule has 0 aliphatic carbocycles. The highest BCUT2D eigenvalue weighted by Crippen LogP contribution is 2.16. The van der Waals surface area contributed by atoms with Crippen LogP contribution in [0.15, 0.2) is 35.5 Å². The highest BCUT2D eigenvalue weighted by Gasteiger charge is 2.17. The van der Waals surface area contributed by atoms with Crippen molar-refractivity contribution in [2.75, 3.05) is 0 Å². The molecule has 8 nitrogen and oxygen atoms in total. The van der Waals surface area contributed by atoms with E-state index in [-0.39, 0.29) is 16.6 Å². The fourth-order valence-electron chi connectivity index (χ4n) is 2.10. The van der Waals surface area contributed by atoms with E-state index in [4.69, 9.17) is 5.11 Å². The predicted octanol–water partition coefficient (Wildman–Crippen LogP) is 0.873. The molecule has 2 aromatic heterocycles. The Labute approximate surface area is 110 Å². The van der Waals surface area contributed by atoms with Gasteiger partial charge in [-0.1, -0.05) is 0 Å². The topological polar surface area (TPSA) is 114 Å². The van der Waals surface area contributed by atoms with Crippen molar-refractivity contribution in [2.45, 2.75) is 0 Å². The normalized spacial score (nSPS) is 11.0. The number of imidazole rings is 1. The van der Waals surface area contributed by atoms with Crippen LogP contribution in [-0.4, -0.2) is 36.2 Å². The number of fused-ring (bicyclic) bond motifs is 3. The molecule has 3 rings (SSSR count). The Morgan fingerprint density at radius 1 is 1.10 bits per heavy atom. The number of aromatic carboxylic acids is 1. The molecule has 0 aliphatic rings. The van der Waals surface area contributed by atoms with Gasteiger partial charge < -0.3 is 10.2 Å². The summed E-state index contributed by atoms with van der Waals surface area (Å²) in [5.41, 5.74) is -0.406. The molecule has 20 heavy (non-hydrogen) atoms. The summed E-state index contributed by atoms with van der Waals surface area (Å²) in [6, 6.07) is 3.92. The van der Waals surface area contributed by atoms with E-state index < -0.39 is 17.6 Å². The Bertz CT molecular complexity index is 937. The summed E-state index contributed by atoms with van der Waals surface area (Å²) in [7, 11) is 0. The molecule has 0 fully saturated rings. The van der Waals surface area contributed by atoms with E-state index in [2.05, 4.69) is 4.98 Å². The summed E-state index contributed by atoms with van der Waals surface area (Å²) in [4.78, 5) is 38.1. The summed E-state index contributed by atoms with van der Waals surface area (Å²) in [6.07, 6.45) is 1.14. The van der Waals surface area contributed by atoms with Gasteiger partial charge in [0.2, 0.25) is 0 Å². The average molecular weight is 273 g/mol. The zero-order valence-electron chi connectivity index (χ0n) is 9.85. The van der Waals surface area contributed by atoms with Crippen LogP contribution in [0, 0.1) is 0 Å². The minimum atomic E-state index is -1.48. The second-order valence-electron chi connectivity index (χ2n) is 4.08. The van der Waals surface area contributed by atoms with Crippen LogP contribution in [0.4, 0.5) is 4.79 Å². The first-order valence-electron chi connectivity index (χ1n) is 5.48. The third-order valence-corrected chi connectivity index (χ3v) is 2.97.